The van der Waals surface area contributed by atoms with Gasteiger partial charge in [0.05, 0.1) is 6.61 Å². The average molecular weight is 156 g/mol. The monoisotopic (exact) mass is 156 g/mol. The summed E-state index contributed by atoms with van der Waals surface area (Å²) in [6, 6.07) is 0. The van der Waals surface area contributed by atoms with Crippen molar-refractivity contribution in [1.82, 2.24) is 20.2 Å². The van der Waals surface area contributed by atoms with E-state index in [-0.39, 0.29) is 12.5 Å². The summed E-state index contributed by atoms with van der Waals surface area (Å²) in [7, 11) is 0. The molecule has 6 nitrogen and oxygen atoms in total. The van der Waals surface area contributed by atoms with Crippen LogP contribution >= 0.6 is 0 Å². The molecule has 0 bridgehead atoms. The SMILES string of the molecule is CCOC(=O)Cn1cnnn1. The normalized spacial score (nSPS) is 9.55. The van der Waals surface area contributed by atoms with E-state index in [1.807, 2.05) is 0 Å². The van der Waals surface area contributed by atoms with Gasteiger partial charge in [0.15, 0.2) is 0 Å². The first-order valence-electron chi connectivity index (χ1n) is 3.19. The molecule has 0 aromatic carbocycles. The summed E-state index contributed by atoms with van der Waals surface area (Å²) in [5, 5.41) is 10.2. The fraction of sp³-hybridized carbons (Fsp3) is 0.600. The Kier molecular flexibility index (Phi) is 2.53. The fourth-order valence-electron chi connectivity index (χ4n) is 0.592. The van der Waals surface area contributed by atoms with Gasteiger partial charge in [-0.25, -0.2) is 4.68 Å². The summed E-state index contributed by atoms with van der Waals surface area (Å²) in [4.78, 5) is 10.8. The maximum Gasteiger partial charge on any atom is 0.327 e. The minimum Gasteiger partial charge on any atom is -0.465 e. The predicted molar refractivity (Wildman–Crippen MR) is 34.4 cm³/mol. The van der Waals surface area contributed by atoms with Crippen LogP contribution in [0, 0.1) is 0 Å². The smallest absolute Gasteiger partial charge is 0.327 e. The number of carbonyl (C=O) groups is 1. The first kappa shape index (κ1) is 7.64. The van der Waals surface area contributed by atoms with E-state index in [0.717, 1.165) is 0 Å². The molecular weight excluding hydrogens is 148 g/mol. The standard InChI is InChI=1S/C5H8N4O2/c1-2-11-5(10)3-9-4-6-7-8-9/h4H,2-3H2,1H3. The van der Waals surface area contributed by atoms with E-state index in [1.54, 1.807) is 6.92 Å². The third kappa shape index (κ3) is 2.32. The van der Waals surface area contributed by atoms with E-state index < -0.39 is 0 Å². The molecule has 0 aliphatic carbocycles. The van der Waals surface area contributed by atoms with Gasteiger partial charge in [-0.2, -0.15) is 0 Å². The van der Waals surface area contributed by atoms with Crippen molar-refractivity contribution < 1.29 is 9.53 Å². The zero-order chi connectivity index (χ0) is 8.10. The lowest BCUT2D eigenvalue weighted by Gasteiger charge is -1.98. The van der Waals surface area contributed by atoms with Crippen LogP contribution in [0.4, 0.5) is 0 Å². The number of ether oxygens (including phenoxy) is 1. The quantitative estimate of drug-likeness (QED) is 0.538. The van der Waals surface area contributed by atoms with E-state index in [9.17, 15) is 4.79 Å². The molecule has 11 heavy (non-hydrogen) atoms. The number of tetrazole rings is 1. The third-order valence-electron chi connectivity index (χ3n) is 0.988. The Morgan fingerprint density at radius 3 is 3.09 bits per heavy atom. The molecule has 0 aliphatic rings. The van der Waals surface area contributed by atoms with Crippen LogP contribution in [-0.4, -0.2) is 32.8 Å². The minimum atomic E-state index is -0.334. The summed E-state index contributed by atoms with van der Waals surface area (Å²) in [5.74, 6) is -0.334. The van der Waals surface area contributed by atoms with Crippen LogP contribution in [0.1, 0.15) is 6.92 Å². The molecule has 0 aliphatic heterocycles. The van der Waals surface area contributed by atoms with Crippen LogP contribution in [-0.2, 0) is 16.1 Å². The molecule has 0 amide bonds. The fourth-order valence-corrected chi connectivity index (χ4v) is 0.592. The van der Waals surface area contributed by atoms with E-state index in [2.05, 4.69) is 20.3 Å². The number of hydrogen-bond acceptors (Lipinski definition) is 5. The molecule has 0 fully saturated rings. The minimum absolute atomic E-state index is 0.0703. The largest absolute Gasteiger partial charge is 0.465 e. The Balaban J connectivity index is 2.37. The van der Waals surface area contributed by atoms with Gasteiger partial charge in [-0.1, -0.05) is 0 Å². The van der Waals surface area contributed by atoms with E-state index in [1.165, 1.54) is 11.0 Å². The number of aromatic nitrogens is 4. The number of nitrogens with zero attached hydrogens (tertiary/aromatic N) is 4. The molecule has 0 saturated heterocycles. The summed E-state index contributed by atoms with van der Waals surface area (Å²) in [6.45, 7) is 2.19. The van der Waals surface area contributed by atoms with Gasteiger partial charge in [-0.05, 0) is 17.4 Å². The molecule has 6 heteroatoms. The van der Waals surface area contributed by atoms with Crippen LogP contribution in [0.25, 0.3) is 0 Å². The number of esters is 1. The van der Waals surface area contributed by atoms with Crippen molar-refractivity contribution in [2.24, 2.45) is 0 Å². The predicted octanol–water partition coefficient (Wildman–Crippen LogP) is -0.764. The van der Waals surface area contributed by atoms with Gasteiger partial charge in [0.1, 0.15) is 12.9 Å². The molecule has 0 spiro atoms. The maximum atomic E-state index is 10.8. The second kappa shape index (κ2) is 3.65. The highest BCUT2D eigenvalue weighted by Gasteiger charge is 2.02. The molecule has 1 aromatic rings. The van der Waals surface area contributed by atoms with Crippen LogP contribution < -0.4 is 0 Å². The lowest BCUT2D eigenvalue weighted by atomic mass is 10.6. The average Bonchev–Trinajstić information content (AvgIpc) is 2.40. The van der Waals surface area contributed by atoms with Crippen LogP contribution in [0.5, 0.6) is 0 Å². The van der Waals surface area contributed by atoms with Gasteiger partial charge in [0.25, 0.3) is 0 Å². The molecule has 0 unspecified atom stereocenters. The Hall–Kier alpha value is -1.46. The molecule has 1 rings (SSSR count). The van der Waals surface area contributed by atoms with E-state index in [0.29, 0.717) is 6.61 Å². The van der Waals surface area contributed by atoms with Crippen LogP contribution in [0.2, 0.25) is 0 Å². The van der Waals surface area contributed by atoms with Crippen molar-refractivity contribution in [2.45, 2.75) is 13.5 Å². The zero-order valence-corrected chi connectivity index (χ0v) is 6.10. The highest BCUT2D eigenvalue weighted by Crippen LogP contribution is 1.82. The summed E-state index contributed by atoms with van der Waals surface area (Å²) in [6.07, 6.45) is 1.36. The molecule has 0 N–H and O–H groups in total. The highest BCUT2D eigenvalue weighted by molar-refractivity contribution is 5.68. The van der Waals surface area contributed by atoms with Gasteiger partial charge in [-0.15, -0.1) is 5.10 Å². The second-order valence-corrected chi connectivity index (χ2v) is 1.81. The zero-order valence-electron chi connectivity index (χ0n) is 6.10. The van der Waals surface area contributed by atoms with Crippen molar-refractivity contribution in [3.63, 3.8) is 0 Å². The molecule has 0 radical (unpaired) electrons. The maximum absolute atomic E-state index is 10.8. The Bertz CT molecular complexity index is 220. The first-order chi connectivity index (χ1) is 5.33. The Morgan fingerprint density at radius 1 is 1.73 bits per heavy atom. The van der Waals surface area contributed by atoms with Crippen molar-refractivity contribution in [3.8, 4) is 0 Å². The van der Waals surface area contributed by atoms with Crippen molar-refractivity contribution in [3.05, 3.63) is 6.33 Å². The van der Waals surface area contributed by atoms with Gasteiger partial charge >= 0.3 is 5.97 Å². The number of carbonyl (C=O) groups excluding carboxylic acids is 1. The summed E-state index contributed by atoms with van der Waals surface area (Å²) >= 11 is 0. The topological polar surface area (TPSA) is 69.9 Å². The molecule has 60 valence electrons. The van der Waals surface area contributed by atoms with Crippen molar-refractivity contribution in [1.29, 1.82) is 0 Å². The van der Waals surface area contributed by atoms with Crippen LogP contribution in [0.15, 0.2) is 6.33 Å². The number of hydrogen-bond donors (Lipinski definition) is 0. The Morgan fingerprint density at radius 2 is 2.55 bits per heavy atom. The summed E-state index contributed by atoms with van der Waals surface area (Å²) < 4.78 is 5.96. The van der Waals surface area contributed by atoms with Crippen molar-refractivity contribution >= 4 is 5.97 Å². The molecule has 1 heterocycles. The van der Waals surface area contributed by atoms with E-state index >= 15 is 0 Å². The van der Waals surface area contributed by atoms with Gasteiger partial charge < -0.3 is 4.74 Å². The Labute approximate surface area is 63.1 Å². The van der Waals surface area contributed by atoms with Gasteiger partial charge in [-0.3, -0.25) is 4.79 Å². The number of rotatable bonds is 3. The molecule has 0 atom stereocenters. The van der Waals surface area contributed by atoms with Crippen LogP contribution in [0.3, 0.4) is 0 Å². The summed E-state index contributed by atoms with van der Waals surface area (Å²) in [5.41, 5.74) is 0. The lowest BCUT2D eigenvalue weighted by Crippen LogP contribution is -2.13. The highest BCUT2D eigenvalue weighted by atomic mass is 16.5. The van der Waals surface area contributed by atoms with Gasteiger partial charge in [0.2, 0.25) is 0 Å². The molecule has 0 saturated carbocycles. The third-order valence-corrected chi connectivity index (χ3v) is 0.988. The lowest BCUT2D eigenvalue weighted by molar-refractivity contribution is -0.144. The second-order valence-electron chi connectivity index (χ2n) is 1.81. The molecule has 1 aromatic heterocycles. The van der Waals surface area contributed by atoms with E-state index in [4.69, 9.17) is 0 Å². The first-order valence-corrected chi connectivity index (χ1v) is 3.19. The van der Waals surface area contributed by atoms with Gasteiger partial charge in [0, 0.05) is 0 Å². The molecular formula is C5H8N4O2. The van der Waals surface area contributed by atoms with Crippen molar-refractivity contribution in [2.75, 3.05) is 6.61 Å².